The van der Waals surface area contributed by atoms with Gasteiger partial charge >= 0.3 is 0 Å². The van der Waals surface area contributed by atoms with Gasteiger partial charge in [-0.25, -0.2) is 9.07 Å². The van der Waals surface area contributed by atoms with Gasteiger partial charge in [-0.3, -0.25) is 4.79 Å². The monoisotopic (exact) mass is 277 g/mol. The molecule has 0 radical (unpaired) electrons. The number of hydrogen-bond donors (Lipinski definition) is 1. The largest absolute Gasteiger partial charge is 0.386 e. The molecule has 0 spiro atoms. The summed E-state index contributed by atoms with van der Waals surface area (Å²) < 4.78 is 14.7. The number of halogens is 1. The Morgan fingerprint density at radius 2 is 2.10 bits per heavy atom. The average Bonchev–Trinajstić information content (AvgIpc) is 2.41. The lowest BCUT2D eigenvalue weighted by atomic mass is 10.1. The summed E-state index contributed by atoms with van der Waals surface area (Å²) in [6, 6.07) is 7.35. The SMILES string of the molecule is CN(C)c1cnn(CC(O)c2ccccc2F)c(=O)c1. The van der Waals surface area contributed by atoms with Gasteiger partial charge < -0.3 is 10.0 Å². The number of aliphatic hydroxyl groups excluding tert-OH is 1. The van der Waals surface area contributed by atoms with Crippen LogP contribution in [0, 0.1) is 5.82 Å². The number of benzene rings is 1. The summed E-state index contributed by atoms with van der Waals surface area (Å²) >= 11 is 0. The van der Waals surface area contributed by atoms with Crippen LogP contribution in [0.4, 0.5) is 10.1 Å². The summed E-state index contributed by atoms with van der Waals surface area (Å²) in [6.07, 6.45) is 0.404. The first-order chi connectivity index (χ1) is 9.49. The van der Waals surface area contributed by atoms with Gasteiger partial charge in [0.1, 0.15) is 11.9 Å². The molecule has 0 aliphatic rings. The van der Waals surface area contributed by atoms with Gasteiger partial charge in [0.15, 0.2) is 0 Å². The Morgan fingerprint density at radius 3 is 2.70 bits per heavy atom. The molecule has 6 heteroatoms. The van der Waals surface area contributed by atoms with Crippen molar-refractivity contribution in [1.29, 1.82) is 0 Å². The topological polar surface area (TPSA) is 58.4 Å². The predicted octanol–water partition coefficient (Wildman–Crippen LogP) is 1.18. The van der Waals surface area contributed by atoms with Crippen molar-refractivity contribution >= 4 is 5.69 Å². The molecule has 0 aliphatic carbocycles. The molecule has 2 rings (SSSR count). The van der Waals surface area contributed by atoms with Crippen LogP contribution in [-0.4, -0.2) is 29.0 Å². The highest BCUT2D eigenvalue weighted by atomic mass is 19.1. The van der Waals surface area contributed by atoms with Crippen molar-refractivity contribution in [2.24, 2.45) is 0 Å². The Bertz CT molecular complexity index is 655. The molecule has 1 N–H and O–H groups in total. The lowest BCUT2D eigenvalue weighted by Crippen LogP contribution is -2.26. The highest BCUT2D eigenvalue weighted by Crippen LogP contribution is 2.17. The first-order valence-corrected chi connectivity index (χ1v) is 6.16. The number of nitrogens with zero attached hydrogens (tertiary/aromatic N) is 3. The van der Waals surface area contributed by atoms with Crippen LogP contribution >= 0.6 is 0 Å². The lowest BCUT2D eigenvalue weighted by Gasteiger charge is -2.15. The molecule has 1 heterocycles. The highest BCUT2D eigenvalue weighted by molar-refractivity contribution is 5.40. The number of aromatic nitrogens is 2. The molecule has 1 unspecified atom stereocenters. The molecule has 2 aromatic rings. The minimum Gasteiger partial charge on any atom is -0.386 e. The molecule has 0 saturated carbocycles. The molecule has 0 aliphatic heterocycles. The number of anilines is 1. The Morgan fingerprint density at radius 1 is 1.40 bits per heavy atom. The Hall–Kier alpha value is -2.21. The van der Waals surface area contributed by atoms with Gasteiger partial charge in [-0.05, 0) is 6.07 Å². The van der Waals surface area contributed by atoms with E-state index in [-0.39, 0.29) is 17.7 Å². The quantitative estimate of drug-likeness (QED) is 0.911. The van der Waals surface area contributed by atoms with Gasteiger partial charge in [0.2, 0.25) is 0 Å². The second-order valence-electron chi connectivity index (χ2n) is 4.67. The van der Waals surface area contributed by atoms with Crippen molar-refractivity contribution in [2.75, 3.05) is 19.0 Å². The molecular weight excluding hydrogens is 261 g/mol. The third-order valence-corrected chi connectivity index (χ3v) is 2.98. The fourth-order valence-electron chi connectivity index (χ4n) is 1.81. The average molecular weight is 277 g/mol. The van der Waals surface area contributed by atoms with E-state index in [9.17, 15) is 14.3 Å². The van der Waals surface area contributed by atoms with Crippen LogP contribution < -0.4 is 10.5 Å². The van der Waals surface area contributed by atoms with Crippen molar-refractivity contribution in [3.8, 4) is 0 Å². The van der Waals surface area contributed by atoms with E-state index in [0.717, 1.165) is 4.68 Å². The summed E-state index contributed by atoms with van der Waals surface area (Å²) in [7, 11) is 3.60. The minimum atomic E-state index is -1.12. The molecule has 5 nitrogen and oxygen atoms in total. The maximum atomic E-state index is 13.5. The minimum absolute atomic E-state index is 0.0898. The maximum Gasteiger partial charge on any atom is 0.268 e. The van der Waals surface area contributed by atoms with Crippen LogP contribution in [0.1, 0.15) is 11.7 Å². The Labute approximate surface area is 115 Å². The van der Waals surface area contributed by atoms with Crippen LogP contribution in [0.3, 0.4) is 0 Å². The lowest BCUT2D eigenvalue weighted by molar-refractivity contribution is 0.145. The first-order valence-electron chi connectivity index (χ1n) is 6.16. The smallest absolute Gasteiger partial charge is 0.268 e. The van der Waals surface area contributed by atoms with Gasteiger partial charge in [-0.15, -0.1) is 0 Å². The van der Waals surface area contributed by atoms with E-state index in [1.54, 1.807) is 31.1 Å². The van der Waals surface area contributed by atoms with Gasteiger partial charge in [-0.2, -0.15) is 5.10 Å². The van der Waals surface area contributed by atoms with E-state index in [2.05, 4.69) is 5.10 Å². The Balaban J connectivity index is 2.22. The van der Waals surface area contributed by atoms with Gasteiger partial charge in [-0.1, -0.05) is 18.2 Å². The van der Waals surface area contributed by atoms with Gasteiger partial charge in [0.25, 0.3) is 5.56 Å². The fraction of sp³-hybridized carbons (Fsp3) is 0.286. The molecule has 106 valence electrons. The van der Waals surface area contributed by atoms with E-state index in [1.165, 1.54) is 24.4 Å². The van der Waals surface area contributed by atoms with Crippen molar-refractivity contribution in [3.05, 3.63) is 58.3 Å². The van der Waals surface area contributed by atoms with Crippen LogP contribution in [0.5, 0.6) is 0 Å². The zero-order valence-corrected chi connectivity index (χ0v) is 11.3. The molecule has 0 bridgehead atoms. The van der Waals surface area contributed by atoms with Crippen LogP contribution in [0.25, 0.3) is 0 Å². The molecule has 1 atom stereocenters. The van der Waals surface area contributed by atoms with E-state index in [0.29, 0.717) is 5.69 Å². The third kappa shape index (κ3) is 3.03. The van der Waals surface area contributed by atoms with E-state index >= 15 is 0 Å². The first kappa shape index (κ1) is 14.2. The molecule has 1 aromatic carbocycles. The summed E-state index contributed by atoms with van der Waals surface area (Å²) in [5.41, 5.74) is 0.483. The summed E-state index contributed by atoms with van der Waals surface area (Å²) in [4.78, 5) is 13.6. The van der Waals surface area contributed by atoms with Crippen LogP contribution in [-0.2, 0) is 6.54 Å². The number of rotatable bonds is 4. The van der Waals surface area contributed by atoms with E-state index in [4.69, 9.17) is 0 Å². The fourth-order valence-corrected chi connectivity index (χ4v) is 1.81. The molecule has 1 aromatic heterocycles. The van der Waals surface area contributed by atoms with Crippen molar-refractivity contribution < 1.29 is 9.50 Å². The van der Waals surface area contributed by atoms with E-state index in [1.807, 2.05) is 0 Å². The summed E-state index contributed by atoms with van der Waals surface area (Å²) in [6.45, 7) is -0.0898. The standard InChI is InChI=1S/C14H16FN3O2/c1-17(2)10-7-14(20)18(16-8-10)9-13(19)11-5-3-4-6-12(11)15/h3-8,13,19H,9H2,1-2H3. The molecule has 0 fully saturated rings. The van der Waals surface area contributed by atoms with Crippen molar-refractivity contribution in [3.63, 3.8) is 0 Å². The van der Waals surface area contributed by atoms with Crippen molar-refractivity contribution in [2.45, 2.75) is 12.6 Å². The second kappa shape index (κ2) is 5.83. The zero-order chi connectivity index (χ0) is 14.7. The van der Waals surface area contributed by atoms with Crippen LogP contribution in [0.2, 0.25) is 0 Å². The third-order valence-electron chi connectivity index (χ3n) is 2.98. The van der Waals surface area contributed by atoms with Gasteiger partial charge in [0, 0.05) is 25.7 Å². The predicted molar refractivity (Wildman–Crippen MR) is 74.2 cm³/mol. The van der Waals surface area contributed by atoms with Crippen molar-refractivity contribution in [1.82, 2.24) is 9.78 Å². The summed E-state index contributed by atoms with van der Waals surface area (Å²) in [5.74, 6) is -0.502. The normalized spacial score (nSPS) is 12.2. The molecule has 0 amide bonds. The molecular formula is C14H16FN3O2. The zero-order valence-electron chi connectivity index (χ0n) is 11.3. The Kier molecular flexibility index (Phi) is 4.14. The highest BCUT2D eigenvalue weighted by Gasteiger charge is 2.14. The van der Waals surface area contributed by atoms with Gasteiger partial charge in [0.05, 0.1) is 18.4 Å². The van der Waals surface area contributed by atoms with Crippen LogP contribution in [0.15, 0.2) is 41.3 Å². The number of hydrogen-bond acceptors (Lipinski definition) is 4. The summed E-state index contributed by atoms with van der Waals surface area (Å²) in [5, 5.41) is 14.0. The molecule has 20 heavy (non-hydrogen) atoms. The molecule has 0 saturated heterocycles. The number of aliphatic hydroxyl groups is 1. The maximum absolute atomic E-state index is 13.5. The van der Waals surface area contributed by atoms with E-state index < -0.39 is 11.9 Å². The second-order valence-corrected chi connectivity index (χ2v) is 4.67.